The number of likely N-dealkylation sites (N-methyl/N-ethyl adjacent to an activating group) is 1. The Kier molecular flexibility index (Phi) is 4.84. The monoisotopic (exact) mass is 335 g/mol. The molecular formula is C20H21N3O2. The second-order valence-electron chi connectivity index (χ2n) is 6.02. The van der Waals surface area contributed by atoms with E-state index in [4.69, 9.17) is 4.74 Å². The van der Waals surface area contributed by atoms with Crippen LogP contribution in [0, 0.1) is 0 Å². The summed E-state index contributed by atoms with van der Waals surface area (Å²) >= 11 is 0. The van der Waals surface area contributed by atoms with Crippen molar-refractivity contribution in [3.63, 3.8) is 0 Å². The van der Waals surface area contributed by atoms with Crippen molar-refractivity contribution in [2.45, 2.75) is 6.54 Å². The molecule has 0 aliphatic heterocycles. The number of benzene rings is 2. The van der Waals surface area contributed by atoms with Crippen LogP contribution in [-0.4, -0.2) is 34.7 Å². The van der Waals surface area contributed by atoms with Crippen molar-refractivity contribution in [1.82, 2.24) is 14.7 Å². The minimum absolute atomic E-state index is 0.0429. The van der Waals surface area contributed by atoms with Crippen molar-refractivity contribution < 1.29 is 9.53 Å². The van der Waals surface area contributed by atoms with Gasteiger partial charge in [-0.2, -0.15) is 5.10 Å². The molecule has 0 aliphatic carbocycles. The summed E-state index contributed by atoms with van der Waals surface area (Å²) in [5, 5.41) is 6.33. The number of hydrogen-bond acceptors (Lipinski definition) is 3. The molecule has 1 heterocycles. The average molecular weight is 335 g/mol. The van der Waals surface area contributed by atoms with Crippen LogP contribution in [0.4, 0.5) is 0 Å². The number of hydrogen-bond donors (Lipinski definition) is 0. The summed E-state index contributed by atoms with van der Waals surface area (Å²) in [6.45, 7) is 0.554. The first-order valence-corrected chi connectivity index (χ1v) is 8.03. The zero-order valence-corrected chi connectivity index (χ0v) is 14.6. The van der Waals surface area contributed by atoms with E-state index >= 15 is 0 Å². The smallest absolute Gasteiger partial charge is 0.246 e. The molecule has 2 aromatic carbocycles. The third kappa shape index (κ3) is 4.07. The largest absolute Gasteiger partial charge is 0.497 e. The minimum Gasteiger partial charge on any atom is -0.497 e. The number of fused-ring (bicyclic) bond motifs is 1. The molecule has 0 aliphatic rings. The molecule has 1 amide bonds. The molecule has 3 rings (SSSR count). The fraction of sp³-hybridized carbons (Fsp3) is 0.200. The quantitative estimate of drug-likeness (QED) is 0.673. The van der Waals surface area contributed by atoms with E-state index in [1.807, 2.05) is 37.5 Å². The van der Waals surface area contributed by atoms with E-state index in [2.05, 4.69) is 17.2 Å². The first-order chi connectivity index (χ1) is 12.0. The number of ether oxygens (including phenoxy) is 1. The number of carbonyl (C=O) groups excluding carboxylic acids is 1. The molecule has 128 valence electrons. The number of aromatic nitrogens is 2. The van der Waals surface area contributed by atoms with Crippen LogP contribution in [0.1, 0.15) is 11.1 Å². The van der Waals surface area contributed by atoms with Crippen molar-refractivity contribution in [3.8, 4) is 5.75 Å². The molecular weight excluding hydrogens is 314 g/mol. The summed E-state index contributed by atoms with van der Waals surface area (Å²) < 4.78 is 6.95. The Morgan fingerprint density at radius 1 is 1.24 bits per heavy atom. The molecule has 0 saturated carbocycles. The Bertz CT molecular complexity index is 928. The summed E-state index contributed by atoms with van der Waals surface area (Å²) in [4.78, 5) is 14.0. The lowest BCUT2D eigenvalue weighted by Gasteiger charge is -2.15. The average Bonchev–Trinajstić information content (AvgIpc) is 3.04. The van der Waals surface area contributed by atoms with Crippen LogP contribution in [0.3, 0.4) is 0 Å². The van der Waals surface area contributed by atoms with E-state index in [1.165, 1.54) is 0 Å². The fourth-order valence-electron chi connectivity index (χ4n) is 2.67. The molecule has 0 saturated heterocycles. The lowest BCUT2D eigenvalue weighted by atomic mass is 10.1. The number of nitrogens with zero attached hydrogens (tertiary/aromatic N) is 3. The van der Waals surface area contributed by atoms with E-state index in [-0.39, 0.29) is 5.91 Å². The first kappa shape index (κ1) is 16.8. The van der Waals surface area contributed by atoms with Crippen LogP contribution >= 0.6 is 0 Å². The second-order valence-corrected chi connectivity index (χ2v) is 6.02. The lowest BCUT2D eigenvalue weighted by Crippen LogP contribution is -2.24. The van der Waals surface area contributed by atoms with Gasteiger partial charge in [0.15, 0.2) is 0 Å². The standard InChI is InChI=1S/C20H21N3O2/c1-22(20(24)9-5-16-12-21-23(2)14-16)13-15-4-6-18-11-19(25-3)8-7-17(18)10-15/h4-12,14H,13H2,1-3H3. The maximum atomic E-state index is 12.3. The van der Waals surface area contributed by atoms with Gasteiger partial charge in [-0.15, -0.1) is 0 Å². The van der Waals surface area contributed by atoms with Gasteiger partial charge in [-0.25, -0.2) is 0 Å². The van der Waals surface area contributed by atoms with E-state index < -0.39 is 0 Å². The Labute approximate surface area is 147 Å². The summed E-state index contributed by atoms with van der Waals surface area (Å²) in [6, 6.07) is 12.2. The Balaban J connectivity index is 1.69. The van der Waals surface area contributed by atoms with Gasteiger partial charge in [0.25, 0.3) is 0 Å². The third-order valence-corrected chi connectivity index (χ3v) is 4.05. The maximum Gasteiger partial charge on any atom is 0.246 e. The molecule has 5 heteroatoms. The highest BCUT2D eigenvalue weighted by atomic mass is 16.5. The van der Waals surface area contributed by atoms with Crippen LogP contribution in [0.15, 0.2) is 54.9 Å². The number of amides is 1. The summed E-state index contributed by atoms with van der Waals surface area (Å²) in [5.74, 6) is 0.798. The molecule has 0 bridgehead atoms. The van der Waals surface area contributed by atoms with Crippen LogP contribution in [0.2, 0.25) is 0 Å². The van der Waals surface area contributed by atoms with Crippen LogP contribution in [-0.2, 0) is 18.4 Å². The van der Waals surface area contributed by atoms with E-state index in [0.29, 0.717) is 6.54 Å². The Morgan fingerprint density at radius 3 is 2.72 bits per heavy atom. The van der Waals surface area contributed by atoms with Gasteiger partial charge in [0.1, 0.15) is 5.75 Å². The van der Waals surface area contributed by atoms with E-state index in [1.54, 1.807) is 42.1 Å². The molecule has 0 atom stereocenters. The highest BCUT2D eigenvalue weighted by Gasteiger charge is 2.07. The summed E-state index contributed by atoms with van der Waals surface area (Å²) in [6.07, 6.45) is 6.93. The number of rotatable bonds is 5. The first-order valence-electron chi connectivity index (χ1n) is 8.03. The van der Waals surface area contributed by atoms with Crippen molar-refractivity contribution in [3.05, 3.63) is 66.0 Å². The van der Waals surface area contributed by atoms with Gasteiger partial charge in [0.2, 0.25) is 5.91 Å². The molecule has 0 N–H and O–H groups in total. The zero-order chi connectivity index (χ0) is 17.8. The summed E-state index contributed by atoms with van der Waals surface area (Å²) in [7, 11) is 5.31. The van der Waals surface area contributed by atoms with Crippen molar-refractivity contribution in [2.24, 2.45) is 7.05 Å². The number of methoxy groups -OCH3 is 1. The van der Waals surface area contributed by atoms with Gasteiger partial charge in [-0.05, 0) is 40.6 Å². The van der Waals surface area contributed by atoms with Crippen LogP contribution in [0.5, 0.6) is 5.75 Å². The third-order valence-electron chi connectivity index (χ3n) is 4.05. The van der Waals surface area contributed by atoms with Crippen molar-refractivity contribution >= 4 is 22.8 Å². The number of aryl methyl sites for hydroxylation is 1. The van der Waals surface area contributed by atoms with E-state index in [0.717, 1.165) is 27.6 Å². The second kappa shape index (κ2) is 7.21. The highest BCUT2D eigenvalue weighted by Crippen LogP contribution is 2.22. The molecule has 5 nitrogen and oxygen atoms in total. The molecule has 1 aromatic heterocycles. The molecule has 0 fully saturated rings. The van der Waals surface area contributed by atoms with E-state index in [9.17, 15) is 4.79 Å². The van der Waals surface area contributed by atoms with Gasteiger partial charge >= 0.3 is 0 Å². The molecule has 0 spiro atoms. The molecule has 0 unspecified atom stereocenters. The molecule has 25 heavy (non-hydrogen) atoms. The Morgan fingerprint density at radius 2 is 2.00 bits per heavy atom. The minimum atomic E-state index is -0.0429. The van der Waals surface area contributed by atoms with Gasteiger partial charge < -0.3 is 9.64 Å². The van der Waals surface area contributed by atoms with Crippen LogP contribution in [0.25, 0.3) is 16.8 Å². The van der Waals surface area contributed by atoms with Crippen LogP contribution < -0.4 is 4.74 Å². The van der Waals surface area contributed by atoms with Gasteiger partial charge in [0.05, 0.1) is 13.3 Å². The summed E-state index contributed by atoms with van der Waals surface area (Å²) in [5.41, 5.74) is 1.99. The predicted octanol–water partition coefficient (Wildman–Crippen LogP) is 3.25. The number of carbonyl (C=O) groups is 1. The SMILES string of the molecule is COc1ccc2cc(CN(C)C(=O)C=Cc3cnn(C)c3)ccc2c1. The normalized spacial score (nSPS) is 11.2. The predicted molar refractivity (Wildman–Crippen MR) is 99.2 cm³/mol. The lowest BCUT2D eigenvalue weighted by molar-refractivity contribution is -0.125. The Hall–Kier alpha value is -3.08. The van der Waals surface area contributed by atoms with Gasteiger partial charge in [0, 0.05) is 38.5 Å². The van der Waals surface area contributed by atoms with Gasteiger partial charge in [-0.3, -0.25) is 9.48 Å². The topological polar surface area (TPSA) is 47.4 Å². The zero-order valence-electron chi connectivity index (χ0n) is 14.6. The van der Waals surface area contributed by atoms with Gasteiger partial charge in [-0.1, -0.05) is 18.2 Å². The molecule has 3 aromatic rings. The van der Waals surface area contributed by atoms with Crippen molar-refractivity contribution in [1.29, 1.82) is 0 Å². The van der Waals surface area contributed by atoms with Crippen molar-refractivity contribution in [2.75, 3.05) is 14.2 Å². The highest BCUT2D eigenvalue weighted by molar-refractivity contribution is 5.91. The fourth-order valence-corrected chi connectivity index (χ4v) is 2.67. The maximum absolute atomic E-state index is 12.3. The molecule has 0 radical (unpaired) electrons.